The van der Waals surface area contributed by atoms with E-state index in [1.807, 2.05) is 6.08 Å². The highest BCUT2D eigenvalue weighted by Gasteiger charge is 2.54. The fourth-order valence-electron chi connectivity index (χ4n) is 13.1. The molecule has 0 saturated carbocycles. The van der Waals surface area contributed by atoms with Gasteiger partial charge in [-0.1, -0.05) is 308 Å². The number of aliphatic hydroxyl groups excluding tert-OH is 11. The summed E-state index contributed by atoms with van der Waals surface area (Å²) in [5.74, 6) is -0.320. The summed E-state index contributed by atoms with van der Waals surface area (Å²) in [5, 5.41) is 121. The van der Waals surface area contributed by atoms with Gasteiger partial charge in [0.25, 0.3) is 0 Å². The minimum absolute atomic E-state index is 0.179. The van der Waals surface area contributed by atoms with Crippen LogP contribution in [0.2, 0.25) is 0 Å². The highest BCUT2D eigenvalue weighted by atomic mass is 16.8. The minimum Gasteiger partial charge on any atom is -0.394 e. The number of allylic oxidation sites excluding steroid dienone is 21. The summed E-state index contributed by atoms with van der Waals surface area (Å²) in [6, 6.07) is -1.01. The third kappa shape index (κ3) is 44.7. The van der Waals surface area contributed by atoms with Gasteiger partial charge in [-0.15, -0.1) is 0 Å². The molecule has 0 aromatic heterocycles. The molecule has 19 heteroatoms. The summed E-state index contributed by atoms with van der Waals surface area (Å²) in [4.78, 5) is 13.5. The van der Waals surface area contributed by atoms with Gasteiger partial charge in [0, 0.05) is 6.42 Å². The van der Waals surface area contributed by atoms with Gasteiger partial charge in [-0.25, -0.2) is 0 Å². The molecule has 0 aromatic carbocycles. The number of hydrogen-bond donors (Lipinski definition) is 12. The fraction of sp³-hybridized carbons (Fsp3) is 0.736. The monoisotopic (exact) mass is 1490 g/mol. The number of unbranched alkanes of at least 4 members (excludes halogenated alkanes) is 28. The fourth-order valence-corrected chi connectivity index (χ4v) is 13.1. The SMILES string of the molecule is CC/C=C\C/C=C\C/C=C\C/C=C\C/C=C\C/C=C\C/C=C\C/C=C\C/C=C\C/C=C\CCCCC(=O)NC(COC1OC(CO)C(OC2OC(CO)C(OC3OC(CO)C(O)C(O)C3O)C(O)C2O)C(O)C1O)C(O)/C=C/CCCCCCCCCCCCCCCCCCCCCCCCCCCC. The van der Waals surface area contributed by atoms with Crippen molar-refractivity contribution < 1.29 is 89.4 Å². The number of carbonyl (C=O) groups excluding carboxylic acids is 1. The van der Waals surface area contributed by atoms with Crippen molar-refractivity contribution in [2.75, 3.05) is 26.4 Å². The predicted octanol–water partition coefficient (Wildman–Crippen LogP) is 14.4. The standard InChI is InChI=1S/C87H147NO18/c1-3-5-7-9-11-13-15-17-19-21-23-25-27-29-31-33-34-35-36-37-39-41-43-45-47-49-51-53-55-57-59-61-63-65-75(93)88-70(71(92)64-62-60-58-56-54-52-50-48-46-44-42-40-38-32-30-28-26-24-22-20-18-16-14-12-10-8-6-4-2)69-101-85-81(99)78(96)83(73(67-90)103-85)106-87-82(100)79(97)84(74(68-91)104-87)105-86-80(98)77(95)76(94)72(66-89)102-86/h5,7,11,13,17,19,23,25,29,31,34-35,37,39,43,45,49,51,55,57,62,64,70-74,76-87,89-92,94-100H,3-4,6,8-10,12,14-16,18,20-22,24,26-28,30,32-33,36,38,40-42,44,46-48,50,52-54,56,58-61,63,65-69H2,1-2H3,(H,88,93)/b7-5-,13-11-,19-17-,25-23-,31-29-,35-34-,39-37-,45-43-,51-49-,57-55-,64-62+. The Labute approximate surface area is 639 Å². The van der Waals surface area contributed by atoms with Gasteiger partial charge in [0.2, 0.25) is 5.91 Å². The molecular weight excluding hydrogens is 1350 g/mol. The highest BCUT2D eigenvalue weighted by Crippen LogP contribution is 2.33. The molecule has 1 amide bonds. The van der Waals surface area contributed by atoms with E-state index < -0.39 is 124 Å². The van der Waals surface area contributed by atoms with E-state index in [9.17, 15) is 61.0 Å². The van der Waals surface area contributed by atoms with E-state index in [2.05, 4.69) is 141 Å². The maximum absolute atomic E-state index is 13.5. The number of aliphatic hydroxyl groups is 11. The third-order valence-electron chi connectivity index (χ3n) is 19.7. The Hall–Kier alpha value is -4.07. The van der Waals surface area contributed by atoms with Crippen molar-refractivity contribution >= 4 is 5.91 Å². The van der Waals surface area contributed by atoms with Crippen molar-refractivity contribution in [2.24, 2.45) is 0 Å². The zero-order valence-corrected chi connectivity index (χ0v) is 65.1. The molecule has 0 aliphatic carbocycles. The molecule has 0 spiro atoms. The van der Waals surface area contributed by atoms with E-state index in [4.69, 9.17) is 28.4 Å². The normalized spacial score (nSPS) is 26.4. The largest absolute Gasteiger partial charge is 0.394 e. The third-order valence-corrected chi connectivity index (χ3v) is 19.7. The number of carbonyl (C=O) groups is 1. The molecule has 19 nitrogen and oxygen atoms in total. The van der Waals surface area contributed by atoms with E-state index in [1.165, 1.54) is 148 Å². The smallest absolute Gasteiger partial charge is 0.220 e. The first-order valence-electron chi connectivity index (χ1n) is 41.4. The Bertz CT molecular complexity index is 2440. The van der Waals surface area contributed by atoms with Crippen LogP contribution in [-0.2, 0) is 33.2 Å². The van der Waals surface area contributed by atoms with Crippen molar-refractivity contribution in [3.63, 3.8) is 0 Å². The zero-order chi connectivity index (χ0) is 76.7. The van der Waals surface area contributed by atoms with Crippen LogP contribution in [0.1, 0.15) is 277 Å². The van der Waals surface area contributed by atoms with Gasteiger partial charge < -0.3 is 89.9 Å². The van der Waals surface area contributed by atoms with Crippen molar-refractivity contribution in [1.82, 2.24) is 5.32 Å². The van der Waals surface area contributed by atoms with Crippen molar-refractivity contribution in [3.8, 4) is 0 Å². The number of rotatable bonds is 64. The number of amides is 1. The maximum Gasteiger partial charge on any atom is 0.220 e. The van der Waals surface area contributed by atoms with Gasteiger partial charge in [-0.3, -0.25) is 4.79 Å². The van der Waals surface area contributed by atoms with Gasteiger partial charge in [0.05, 0.1) is 38.6 Å². The summed E-state index contributed by atoms with van der Waals surface area (Å²) in [5.41, 5.74) is 0. The lowest BCUT2D eigenvalue weighted by Gasteiger charge is -2.48. The van der Waals surface area contributed by atoms with Crippen LogP contribution >= 0.6 is 0 Å². The van der Waals surface area contributed by atoms with Crippen LogP contribution in [0.3, 0.4) is 0 Å². The molecule has 106 heavy (non-hydrogen) atoms. The zero-order valence-electron chi connectivity index (χ0n) is 65.1. The van der Waals surface area contributed by atoms with E-state index in [0.717, 1.165) is 103 Å². The molecule has 12 N–H and O–H groups in total. The van der Waals surface area contributed by atoms with Crippen molar-refractivity contribution in [2.45, 2.75) is 381 Å². The average Bonchev–Trinajstić information content (AvgIpc) is 0.781. The van der Waals surface area contributed by atoms with Crippen LogP contribution < -0.4 is 5.32 Å². The summed E-state index contributed by atoms with van der Waals surface area (Å²) in [6.45, 7) is 1.61. The second-order valence-electron chi connectivity index (χ2n) is 28.9. The van der Waals surface area contributed by atoms with Crippen LogP contribution in [0.15, 0.2) is 134 Å². The van der Waals surface area contributed by atoms with Crippen LogP contribution in [-0.4, -0.2) is 193 Å². The van der Waals surface area contributed by atoms with Gasteiger partial charge >= 0.3 is 0 Å². The highest BCUT2D eigenvalue weighted by molar-refractivity contribution is 5.76. The van der Waals surface area contributed by atoms with Crippen LogP contribution in [0.5, 0.6) is 0 Å². The van der Waals surface area contributed by atoms with Gasteiger partial charge in [0.15, 0.2) is 18.9 Å². The molecule has 3 aliphatic heterocycles. The Balaban J connectivity index is 1.40. The lowest BCUT2D eigenvalue weighted by atomic mass is 9.96. The summed E-state index contributed by atoms with van der Waals surface area (Å²) >= 11 is 0. The Kier molecular flexibility index (Phi) is 59.5. The molecule has 0 aromatic rings. The van der Waals surface area contributed by atoms with E-state index in [1.54, 1.807) is 6.08 Å². The quantitative estimate of drug-likeness (QED) is 0.0199. The van der Waals surface area contributed by atoms with Gasteiger partial charge in [-0.2, -0.15) is 0 Å². The molecule has 17 atom stereocenters. The Morgan fingerprint density at radius 2 is 0.651 bits per heavy atom. The summed E-state index contributed by atoms with van der Waals surface area (Å²) < 4.78 is 34.4. The van der Waals surface area contributed by atoms with Gasteiger partial charge in [-0.05, 0) is 96.3 Å². The van der Waals surface area contributed by atoms with Crippen molar-refractivity contribution in [1.29, 1.82) is 0 Å². The second kappa shape index (κ2) is 65.6. The molecular formula is C87H147NO18. The lowest BCUT2D eigenvalue weighted by molar-refractivity contribution is -0.379. The van der Waals surface area contributed by atoms with E-state index in [-0.39, 0.29) is 18.9 Å². The van der Waals surface area contributed by atoms with Crippen LogP contribution in [0.4, 0.5) is 0 Å². The molecule has 3 aliphatic rings. The van der Waals surface area contributed by atoms with Gasteiger partial charge in [0.1, 0.15) is 73.2 Å². The maximum atomic E-state index is 13.5. The second-order valence-corrected chi connectivity index (χ2v) is 28.9. The summed E-state index contributed by atoms with van der Waals surface area (Å²) in [6.07, 6.45) is 67.2. The first-order chi connectivity index (χ1) is 51.8. The Morgan fingerprint density at radius 1 is 0.349 bits per heavy atom. The number of hydrogen-bond acceptors (Lipinski definition) is 18. The molecule has 3 rings (SSSR count). The minimum atomic E-state index is -1.99. The van der Waals surface area contributed by atoms with Crippen LogP contribution in [0.25, 0.3) is 0 Å². The molecule has 3 fully saturated rings. The lowest BCUT2D eigenvalue weighted by Crippen LogP contribution is -2.66. The average molecular weight is 1500 g/mol. The first kappa shape index (κ1) is 96.1. The molecule has 17 unspecified atom stereocenters. The topological polar surface area (TPSA) is 307 Å². The molecule has 608 valence electrons. The van der Waals surface area contributed by atoms with E-state index >= 15 is 0 Å². The Morgan fingerprint density at radius 3 is 1.02 bits per heavy atom. The first-order valence-corrected chi connectivity index (χ1v) is 41.4. The van der Waals surface area contributed by atoms with Crippen LogP contribution in [0, 0.1) is 0 Å². The molecule has 3 saturated heterocycles. The van der Waals surface area contributed by atoms with Crippen molar-refractivity contribution in [3.05, 3.63) is 134 Å². The molecule has 3 heterocycles. The summed E-state index contributed by atoms with van der Waals surface area (Å²) in [7, 11) is 0. The molecule has 0 bridgehead atoms. The number of ether oxygens (including phenoxy) is 6. The number of nitrogens with one attached hydrogen (secondary N) is 1. The predicted molar refractivity (Wildman–Crippen MR) is 424 cm³/mol. The van der Waals surface area contributed by atoms with E-state index in [0.29, 0.717) is 6.42 Å². The molecule has 0 radical (unpaired) electrons.